The first-order valence-electron chi connectivity index (χ1n) is 9.63. The molecule has 1 aromatic heterocycles. The number of alkyl halides is 2. The molecule has 4 rings (SSSR count). The summed E-state index contributed by atoms with van der Waals surface area (Å²) in [5.74, 6) is -3.56. The second-order valence-corrected chi connectivity index (χ2v) is 8.88. The number of benzene rings is 1. The highest BCUT2D eigenvalue weighted by Crippen LogP contribution is 2.45. The number of rotatable bonds is 6. The van der Waals surface area contributed by atoms with Crippen LogP contribution in [-0.4, -0.2) is 41.3 Å². The van der Waals surface area contributed by atoms with Crippen molar-refractivity contribution in [1.82, 2.24) is 15.2 Å². The topological polar surface area (TPSA) is 45.2 Å². The summed E-state index contributed by atoms with van der Waals surface area (Å²) in [6.07, 6.45) is 1.71. The minimum absolute atomic E-state index is 0.0353. The molecule has 2 aliphatic rings. The number of nitrogens with one attached hydrogen (secondary N) is 1. The molecule has 2 heterocycles. The summed E-state index contributed by atoms with van der Waals surface area (Å²) >= 11 is 7.47. The van der Waals surface area contributed by atoms with Crippen LogP contribution in [0.15, 0.2) is 23.7 Å². The Bertz CT molecular complexity index is 873. The van der Waals surface area contributed by atoms with Gasteiger partial charge < -0.3 is 5.32 Å². The maximum atomic E-state index is 14.1. The van der Waals surface area contributed by atoms with Crippen LogP contribution in [0.1, 0.15) is 58.6 Å². The zero-order valence-corrected chi connectivity index (χ0v) is 17.2. The number of aromatic nitrogens is 1. The molecule has 1 unspecified atom stereocenters. The van der Waals surface area contributed by atoms with Crippen molar-refractivity contribution in [2.24, 2.45) is 0 Å². The lowest BCUT2D eigenvalue weighted by molar-refractivity contribution is -0.0630. The first-order valence-corrected chi connectivity index (χ1v) is 10.9. The average molecular weight is 444 g/mol. The lowest BCUT2D eigenvalue weighted by Crippen LogP contribution is -2.45. The van der Waals surface area contributed by atoms with Gasteiger partial charge in [-0.2, -0.15) is 0 Å². The van der Waals surface area contributed by atoms with E-state index in [2.05, 4.69) is 10.3 Å². The van der Waals surface area contributed by atoms with Crippen LogP contribution < -0.4 is 5.32 Å². The molecule has 1 aliphatic carbocycles. The fourth-order valence-corrected chi connectivity index (χ4v) is 4.98. The Morgan fingerprint density at radius 3 is 2.72 bits per heavy atom. The Balaban J connectivity index is 1.54. The molecule has 1 aromatic carbocycles. The van der Waals surface area contributed by atoms with E-state index in [0.29, 0.717) is 5.92 Å². The lowest BCUT2D eigenvalue weighted by Gasteiger charge is -2.37. The fourth-order valence-electron chi connectivity index (χ4n) is 3.72. The van der Waals surface area contributed by atoms with Gasteiger partial charge in [-0.15, -0.1) is 11.3 Å². The van der Waals surface area contributed by atoms with Crippen LogP contribution in [0.5, 0.6) is 0 Å². The van der Waals surface area contributed by atoms with Gasteiger partial charge in [0, 0.05) is 43.3 Å². The summed E-state index contributed by atoms with van der Waals surface area (Å²) < 4.78 is 41.4. The highest BCUT2D eigenvalue weighted by molar-refractivity contribution is 7.09. The number of carbonyl (C=O) groups excluding carboxylic acids is 1. The SMILES string of the molecule is O=C(NCC(c1scnc1C1CC1)N1CCC(F)(F)CC1)c1c(F)cccc1Cl. The summed E-state index contributed by atoms with van der Waals surface area (Å²) in [4.78, 5) is 20.0. The Morgan fingerprint density at radius 1 is 1.34 bits per heavy atom. The number of halogens is 4. The predicted octanol–water partition coefficient (Wildman–Crippen LogP) is 5.02. The monoisotopic (exact) mass is 443 g/mol. The van der Waals surface area contributed by atoms with Crippen molar-refractivity contribution in [2.45, 2.75) is 43.6 Å². The molecule has 1 N–H and O–H groups in total. The van der Waals surface area contributed by atoms with Gasteiger partial charge in [0.2, 0.25) is 0 Å². The van der Waals surface area contributed by atoms with Gasteiger partial charge in [0.15, 0.2) is 0 Å². The van der Waals surface area contributed by atoms with E-state index in [1.807, 2.05) is 4.90 Å². The Hall–Kier alpha value is -1.64. The summed E-state index contributed by atoms with van der Waals surface area (Å²) in [5, 5.41) is 2.80. The van der Waals surface area contributed by atoms with Crippen LogP contribution in [0.3, 0.4) is 0 Å². The number of piperidine rings is 1. The van der Waals surface area contributed by atoms with Gasteiger partial charge in [0.1, 0.15) is 5.82 Å². The first-order chi connectivity index (χ1) is 13.9. The standard InChI is InChI=1S/C20H21ClF3N3OS/c21-13-2-1-3-14(22)16(13)19(28)25-10-15(27-8-6-20(23,24)7-9-27)18-17(12-4-5-12)26-11-29-18/h1-3,11-12,15H,4-10H2,(H,25,28). The zero-order chi connectivity index (χ0) is 20.6. The molecule has 2 aromatic rings. The molecule has 1 saturated heterocycles. The number of hydrogen-bond donors (Lipinski definition) is 1. The molecule has 1 saturated carbocycles. The van der Waals surface area contributed by atoms with Crippen molar-refractivity contribution in [3.8, 4) is 0 Å². The van der Waals surface area contributed by atoms with Crippen LogP contribution in [0.25, 0.3) is 0 Å². The Morgan fingerprint density at radius 2 is 2.07 bits per heavy atom. The number of carbonyl (C=O) groups is 1. The van der Waals surface area contributed by atoms with Crippen molar-refractivity contribution in [2.75, 3.05) is 19.6 Å². The van der Waals surface area contributed by atoms with E-state index >= 15 is 0 Å². The fraction of sp³-hybridized carbons (Fsp3) is 0.500. The summed E-state index contributed by atoms with van der Waals surface area (Å²) in [7, 11) is 0. The predicted molar refractivity (Wildman–Crippen MR) is 106 cm³/mol. The van der Waals surface area contributed by atoms with Gasteiger partial charge in [0.25, 0.3) is 11.8 Å². The first kappa shape index (κ1) is 20.6. The molecule has 156 valence electrons. The highest BCUT2D eigenvalue weighted by Gasteiger charge is 2.39. The van der Waals surface area contributed by atoms with Crippen LogP contribution in [0.4, 0.5) is 13.2 Å². The van der Waals surface area contributed by atoms with E-state index in [1.54, 1.807) is 5.51 Å². The van der Waals surface area contributed by atoms with Gasteiger partial charge in [-0.1, -0.05) is 17.7 Å². The number of nitrogens with zero attached hydrogens (tertiary/aromatic N) is 2. The zero-order valence-electron chi connectivity index (χ0n) is 15.6. The molecule has 29 heavy (non-hydrogen) atoms. The van der Waals surface area contributed by atoms with Crippen molar-refractivity contribution in [1.29, 1.82) is 0 Å². The number of hydrogen-bond acceptors (Lipinski definition) is 4. The Kier molecular flexibility index (Phi) is 5.86. The second-order valence-electron chi connectivity index (χ2n) is 7.59. The average Bonchev–Trinajstić information content (AvgIpc) is 3.40. The largest absolute Gasteiger partial charge is 0.350 e. The van der Waals surface area contributed by atoms with E-state index in [1.165, 1.54) is 29.5 Å². The third-order valence-electron chi connectivity index (χ3n) is 5.51. The minimum Gasteiger partial charge on any atom is -0.350 e. The van der Waals surface area contributed by atoms with Crippen molar-refractivity contribution < 1.29 is 18.0 Å². The van der Waals surface area contributed by atoms with Gasteiger partial charge in [-0.3, -0.25) is 9.69 Å². The summed E-state index contributed by atoms with van der Waals surface area (Å²) in [6, 6.07) is 3.80. The minimum atomic E-state index is -2.65. The Labute approximate surface area is 176 Å². The van der Waals surface area contributed by atoms with Gasteiger partial charge in [0.05, 0.1) is 27.8 Å². The van der Waals surface area contributed by atoms with Crippen LogP contribution in [-0.2, 0) is 0 Å². The van der Waals surface area contributed by atoms with Gasteiger partial charge in [-0.25, -0.2) is 18.2 Å². The molecule has 1 atom stereocenters. The molecule has 2 fully saturated rings. The molecule has 4 nitrogen and oxygen atoms in total. The van der Waals surface area contributed by atoms with E-state index in [4.69, 9.17) is 11.6 Å². The molecule has 1 aliphatic heterocycles. The van der Waals surface area contributed by atoms with Crippen LogP contribution >= 0.6 is 22.9 Å². The molecule has 0 radical (unpaired) electrons. The lowest BCUT2D eigenvalue weighted by atomic mass is 10.0. The summed E-state index contributed by atoms with van der Waals surface area (Å²) in [6.45, 7) is 0.642. The molecular weight excluding hydrogens is 423 g/mol. The molecular formula is C20H21ClF3N3OS. The van der Waals surface area contributed by atoms with E-state index < -0.39 is 17.6 Å². The maximum Gasteiger partial charge on any atom is 0.255 e. The number of thiazole rings is 1. The van der Waals surface area contributed by atoms with Crippen LogP contribution in [0, 0.1) is 5.82 Å². The normalized spacial score (nSPS) is 20.4. The van der Waals surface area contributed by atoms with Crippen molar-refractivity contribution in [3.63, 3.8) is 0 Å². The molecule has 1 amide bonds. The van der Waals surface area contributed by atoms with E-state index in [0.717, 1.165) is 23.4 Å². The van der Waals surface area contributed by atoms with Crippen molar-refractivity contribution >= 4 is 28.8 Å². The van der Waals surface area contributed by atoms with Crippen molar-refractivity contribution in [3.05, 3.63) is 50.7 Å². The smallest absolute Gasteiger partial charge is 0.255 e. The third kappa shape index (κ3) is 4.59. The molecule has 0 spiro atoms. The van der Waals surface area contributed by atoms with E-state index in [9.17, 15) is 18.0 Å². The summed E-state index contributed by atoms with van der Waals surface area (Å²) in [5.41, 5.74) is 2.56. The van der Waals surface area contributed by atoms with Crippen LogP contribution in [0.2, 0.25) is 5.02 Å². The maximum absolute atomic E-state index is 14.1. The second kappa shape index (κ2) is 8.24. The van der Waals surface area contributed by atoms with Gasteiger partial charge >= 0.3 is 0 Å². The number of likely N-dealkylation sites (tertiary alicyclic amines) is 1. The molecule has 0 bridgehead atoms. The molecule has 9 heteroatoms. The van der Waals surface area contributed by atoms with Gasteiger partial charge in [-0.05, 0) is 25.0 Å². The number of amides is 1. The quantitative estimate of drug-likeness (QED) is 0.682. The van der Waals surface area contributed by atoms with E-state index in [-0.39, 0.29) is 49.1 Å². The highest BCUT2D eigenvalue weighted by atomic mass is 35.5. The third-order valence-corrected chi connectivity index (χ3v) is 6.77.